The lowest BCUT2D eigenvalue weighted by Gasteiger charge is -2.03. The number of benzene rings is 1. The molecule has 1 heterocycles. The zero-order valence-electron chi connectivity index (χ0n) is 8.50. The molecular formula is C11H7FN2O3. The summed E-state index contributed by atoms with van der Waals surface area (Å²) in [6, 6.07) is 5.35. The molecule has 0 amide bonds. The van der Waals surface area contributed by atoms with Crippen molar-refractivity contribution in [3.8, 4) is 11.6 Å². The first-order valence-corrected chi connectivity index (χ1v) is 4.64. The average molecular weight is 234 g/mol. The molecule has 0 spiro atoms. The van der Waals surface area contributed by atoms with Crippen molar-refractivity contribution in [2.45, 2.75) is 0 Å². The van der Waals surface area contributed by atoms with E-state index in [0.29, 0.717) is 5.75 Å². The van der Waals surface area contributed by atoms with Crippen LogP contribution in [-0.2, 0) is 0 Å². The molecule has 0 saturated carbocycles. The summed E-state index contributed by atoms with van der Waals surface area (Å²) in [5.41, 5.74) is -0.170. The molecule has 0 fully saturated rings. The number of aromatic nitrogens is 2. The van der Waals surface area contributed by atoms with Crippen molar-refractivity contribution >= 4 is 5.97 Å². The van der Waals surface area contributed by atoms with Gasteiger partial charge in [0.25, 0.3) is 0 Å². The van der Waals surface area contributed by atoms with Gasteiger partial charge < -0.3 is 9.84 Å². The predicted octanol–water partition coefficient (Wildman–Crippen LogP) is 2.11. The second-order valence-corrected chi connectivity index (χ2v) is 3.10. The zero-order valence-corrected chi connectivity index (χ0v) is 8.50. The fraction of sp³-hybridized carbons (Fsp3) is 0. The van der Waals surface area contributed by atoms with Gasteiger partial charge in [-0.05, 0) is 24.3 Å². The van der Waals surface area contributed by atoms with Gasteiger partial charge in [0, 0.05) is 0 Å². The van der Waals surface area contributed by atoms with Crippen molar-refractivity contribution in [2.75, 3.05) is 0 Å². The van der Waals surface area contributed by atoms with Crippen LogP contribution >= 0.6 is 0 Å². The largest absolute Gasteiger partial charge is 0.476 e. The number of aromatic carboxylic acids is 1. The summed E-state index contributed by atoms with van der Waals surface area (Å²) >= 11 is 0. The predicted molar refractivity (Wildman–Crippen MR) is 55.5 cm³/mol. The van der Waals surface area contributed by atoms with Crippen molar-refractivity contribution in [3.05, 3.63) is 48.2 Å². The van der Waals surface area contributed by atoms with Gasteiger partial charge in [-0.1, -0.05) is 0 Å². The Morgan fingerprint density at radius 1 is 1.18 bits per heavy atom. The fourth-order valence-electron chi connectivity index (χ4n) is 1.10. The highest BCUT2D eigenvalue weighted by Gasteiger charge is 2.05. The molecule has 0 radical (unpaired) electrons. The second-order valence-electron chi connectivity index (χ2n) is 3.10. The number of carboxylic acids is 1. The van der Waals surface area contributed by atoms with Gasteiger partial charge in [-0.25, -0.2) is 19.2 Å². The molecule has 0 saturated heterocycles. The Hall–Kier alpha value is -2.50. The molecule has 2 aromatic rings. The van der Waals surface area contributed by atoms with Crippen LogP contribution in [0.5, 0.6) is 11.6 Å². The number of carbonyl (C=O) groups is 1. The Morgan fingerprint density at radius 2 is 1.88 bits per heavy atom. The minimum absolute atomic E-state index is 0.140. The smallest absolute Gasteiger partial charge is 0.356 e. The van der Waals surface area contributed by atoms with Crippen LogP contribution in [0.15, 0.2) is 36.7 Å². The number of halogens is 1. The van der Waals surface area contributed by atoms with Gasteiger partial charge in [-0.3, -0.25) is 0 Å². The van der Waals surface area contributed by atoms with E-state index in [0.717, 1.165) is 6.20 Å². The van der Waals surface area contributed by atoms with Crippen molar-refractivity contribution in [2.24, 2.45) is 0 Å². The zero-order chi connectivity index (χ0) is 12.3. The van der Waals surface area contributed by atoms with Crippen LogP contribution in [0.4, 0.5) is 4.39 Å². The number of ether oxygens (including phenoxy) is 1. The Morgan fingerprint density at radius 3 is 2.41 bits per heavy atom. The molecule has 2 rings (SSSR count). The number of rotatable bonds is 3. The van der Waals surface area contributed by atoms with Crippen LogP contribution < -0.4 is 4.74 Å². The SMILES string of the molecule is O=C(O)c1cnc(Oc2ccc(F)cc2)cn1. The van der Waals surface area contributed by atoms with E-state index in [2.05, 4.69) is 9.97 Å². The molecule has 5 nitrogen and oxygen atoms in total. The van der Waals surface area contributed by atoms with Crippen molar-refractivity contribution < 1.29 is 19.0 Å². The van der Waals surface area contributed by atoms with Crippen molar-refractivity contribution in [1.82, 2.24) is 9.97 Å². The van der Waals surface area contributed by atoms with Gasteiger partial charge in [0.05, 0.1) is 12.4 Å². The Labute approximate surface area is 95.5 Å². The lowest BCUT2D eigenvalue weighted by molar-refractivity contribution is 0.0690. The standard InChI is InChI=1S/C11H7FN2O3/c12-7-1-3-8(4-2-7)17-10-6-13-9(5-14-10)11(15)16/h1-6H,(H,15,16). The normalized spacial score (nSPS) is 9.94. The first-order valence-electron chi connectivity index (χ1n) is 4.64. The Balaban J connectivity index is 2.13. The van der Waals surface area contributed by atoms with E-state index in [1.165, 1.54) is 30.5 Å². The quantitative estimate of drug-likeness (QED) is 0.880. The van der Waals surface area contributed by atoms with Gasteiger partial charge in [0.15, 0.2) is 5.69 Å². The molecule has 0 bridgehead atoms. The minimum Gasteiger partial charge on any atom is -0.476 e. The molecule has 6 heteroatoms. The molecule has 1 N–H and O–H groups in total. The van der Waals surface area contributed by atoms with Crippen LogP contribution in [-0.4, -0.2) is 21.0 Å². The van der Waals surface area contributed by atoms with E-state index in [4.69, 9.17) is 9.84 Å². The monoisotopic (exact) mass is 234 g/mol. The molecule has 86 valence electrons. The van der Waals surface area contributed by atoms with E-state index in [1.54, 1.807) is 0 Å². The molecule has 0 aliphatic rings. The maximum atomic E-state index is 12.6. The lowest BCUT2D eigenvalue weighted by Crippen LogP contribution is -2.01. The van der Waals surface area contributed by atoms with Crippen LogP contribution in [0, 0.1) is 5.82 Å². The second kappa shape index (κ2) is 4.56. The van der Waals surface area contributed by atoms with E-state index >= 15 is 0 Å². The molecule has 17 heavy (non-hydrogen) atoms. The molecule has 0 unspecified atom stereocenters. The number of carboxylic acid groups (broad SMARTS) is 1. The first kappa shape index (κ1) is 11.0. The molecule has 1 aromatic carbocycles. The molecular weight excluding hydrogens is 227 g/mol. The lowest BCUT2D eigenvalue weighted by atomic mass is 10.3. The van der Waals surface area contributed by atoms with Gasteiger partial charge in [-0.2, -0.15) is 0 Å². The maximum absolute atomic E-state index is 12.6. The number of hydrogen-bond donors (Lipinski definition) is 1. The third-order valence-corrected chi connectivity index (χ3v) is 1.88. The van der Waals surface area contributed by atoms with E-state index < -0.39 is 5.97 Å². The first-order chi connectivity index (χ1) is 8.15. The van der Waals surface area contributed by atoms with E-state index in [1.807, 2.05) is 0 Å². The van der Waals surface area contributed by atoms with Crippen molar-refractivity contribution in [3.63, 3.8) is 0 Å². The maximum Gasteiger partial charge on any atom is 0.356 e. The van der Waals surface area contributed by atoms with Crippen molar-refractivity contribution in [1.29, 1.82) is 0 Å². The molecule has 0 aliphatic carbocycles. The summed E-state index contributed by atoms with van der Waals surface area (Å²) in [6.07, 6.45) is 2.27. The number of nitrogens with zero attached hydrogens (tertiary/aromatic N) is 2. The van der Waals surface area contributed by atoms with Crippen LogP contribution in [0.25, 0.3) is 0 Å². The van der Waals surface area contributed by atoms with E-state index in [-0.39, 0.29) is 17.4 Å². The highest BCUT2D eigenvalue weighted by Crippen LogP contribution is 2.18. The molecule has 1 aromatic heterocycles. The fourth-order valence-corrected chi connectivity index (χ4v) is 1.10. The van der Waals surface area contributed by atoms with Crippen LogP contribution in [0.1, 0.15) is 10.5 Å². The molecule has 0 atom stereocenters. The summed E-state index contributed by atoms with van der Waals surface area (Å²) in [6.45, 7) is 0. The summed E-state index contributed by atoms with van der Waals surface area (Å²) in [7, 11) is 0. The molecule has 0 aliphatic heterocycles. The summed E-state index contributed by atoms with van der Waals surface area (Å²) in [5, 5.41) is 8.61. The van der Waals surface area contributed by atoms with Crippen LogP contribution in [0.3, 0.4) is 0 Å². The summed E-state index contributed by atoms with van der Waals surface area (Å²) in [4.78, 5) is 17.9. The average Bonchev–Trinajstić information content (AvgIpc) is 2.33. The highest BCUT2D eigenvalue weighted by molar-refractivity contribution is 5.84. The Bertz CT molecular complexity index is 525. The minimum atomic E-state index is -1.16. The highest BCUT2D eigenvalue weighted by atomic mass is 19.1. The summed E-state index contributed by atoms with van der Waals surface area (Å²) < 4.78 is 17.9. The van der Waals surface area contributed by atoms with Gasteiger partial charge in [0.1, 0.15) is 11.6 Å². The van der Waals surface area contributed by atoms with Gasteiger partial charge in [-0.15, -0.1) is 0 Å². The summed E-state index contributed by atoms with van der Waals surface area (Å²) in [5.74, 6) is -0.999. The van der Waals surface area contributed by atoms with Crippen LogP contribution in [0.2, 0.25) is 0 Å². The van der Waals surface area contributed by atoms with Gasteiger partial charge >= 0.3 is 5.97 Å². The Kier molecular flexibility index (Phi) is 2.95. The third-order valence-electron chi connectivity index (χ3n) is 1.88. The van der Waals surface area contributed by atoms with Gasteiger partial charge in [0.2, 0.25) is 5.88 Å². The topological polar surface area (TPSA) is 72.3 Å². The third kappa shape index (κ3) is 2.75. The van der Waals surface area contributed by atoms with E-state index in [9.17, 15) is 9.18 Å². The number of hydrogen-bond acceptors (Lipinski definition) is 4.